The molecule has 4 nitrogen and oxygen atoms in total. The Morgan fingerprint density at radius 3 is 2.59 bits per heavy atom. The maximum absolute atomic E-state index is 10.5. The van der Waals surface area contributed by atoms with Gasteiger partial charge in [0.2, 0.25) is 0 Å². The van der Waals surface area contributed by atoms with Gasteiger partial charge < -0.3 is 14.6 Å². The lowest BCUT2D eigenvalue weighted by molar-refractivity contribution is -0.133. The zero-order valence-electron chi connectivity index (χ0n) is 12.1. The zero-order valence-corrected chi connectivity index (χ0v) is 12.9. The highest BCUT2D eigenvalue weighted by Gasteiger charge is 2.01. The second-order valence-corrected chi connectivity index (χ2v) is 5.62. The van der Waals surface area contributed by atoms with E-state index >= 15 is 0 Å². The third-order valence-electron chi connectivity index (χ3n) is 2.81. The Morgan fingerprint density at radius 1 is 1.05 bits per heavy atom. The summed E-state index contributed by atoms with van der Waals surface area (Å²) in [6.07, 6.45) is 0. The first-order chi connectivity index (χ1) is 10.7. The fourth-order valence-corrected chi connectivity index (χ4v) is 2.52. The second kappa shape index (κ2) is 9.12. The minimum atomic E-state index is -0.799. The van der Waals surface area contributed by atoms with E-state index in [0.29, 0.717) is 12.4 Å². The first-order valence-electron chi connectivity index (χ1n) is 6.87. The van der Waals surface area contributed by atoms with Crippen LogP contribution in [0.4, 0.5) is 0 Å². The van der Waals surface area contributed by atoms with Gasteiger partial charge in [0.1, 0.15) is 5.75 Å². The summed E-state index contributed by atoms with van der Waals surface area (Å²) < 4.78 is 11.0. The molecule has 0 bridgehead atoms. The third kappa shape index (κ3) is 6.20. The Morgan fingerprint density at radius 2 is 1.82 bits per heavy atom. The van der Waals surface area contributed by atoms with Gasteiger partial charge in [-0.3, -0.25) is 4.79 Å². The van der Waals surface area contributed by atoms with E-state index in [1.807, 2.05) is 54.6 Å². The quantitative estimate of drug-likeness (QED) is 0.566. The number of ether oxygens (including phenoxy) is 2. The molecule has 0 aliphatic rings. The molecule has 1 N–H and O–H groups in total. The molecule has 0 atom stereocenters. The number of benzene rings is 2. The van der Waals surface area contributed by atoms with E-state index in [4.69, 9.17) is 14.6 Å². The molecule has 2 aromatic carbocycles. The topological polar surface area (TPSA) is 55.8 Å². The highest BCUT2D eigenvalue weighted by molar-refractivity contribution is 7.99. The SMILES string of the molecule is O=C(O)CSCc1cccc(OCOCc2ccccc2)c1. The minimum absolute atomic E-state index is 0.102. The Kier molecular flexibility index (Phi) is 6.80. The fraction of sp³-hybridized carbons (Fsp3) is 0.235. The number of hydrogen-bond acceptors (Lipinski definition) is 4. The van der Waals surface area contributed by atoms with Gasteiger partial charge in [-0.15, -0.1) is 11.8 Å². The molecule has 2 aromatic rings. The van der Waals surface area contributed by atoms with Crippen molar-refractivity contribution in [3.63, 3.8) is 0 Å². The lowest BCUT2D eigenvalue weighted by Gasteiger charge is -2.08. The van der Waals surface area contributed by atoms with Gasteiger partial charge in [0.25, 0.3) is 0 Å². The van der Waals surface area contributed by atoms with Crippen LogP contribution in [0.3, 0.4) is 0 Å². The molecule has 0 saturated carbocycles. The lowest BCUT2D eigenvalue weighted by Crippen LogP contribution is -2.03. The molecular formula is C17H18O4S. The van der Waals surface area contributed by atoms with E-state index in [1.54, 1.807) is 0 Å². The van der Waals surface area contributed by atoms with Crippen molar-refractivity contribution in [2.75, 3.05) is 12.5 Å². The summed E-state index contributed by atoms with van der Waals surface area (Å²) in [5.74, 6) is 0.674. The Labute approximate surface area is 134 Å². The maximum Gasteiger partial charge on any atom is 0.313 e. The molecule has 0 spiro atoms. The highest BCUT2D eigenvalue weighted by Crippen LogP contribution is 2.18. The molecule has 0 fully saturated rings. The Balaban J connectivity index is 1.72. The van der Waals surface area contributed by atoms with Gasteiger partial charge >= 0.3 is 5.97 Å². The number of thioether (sulfide) groups is 1. The van der Waals surface area contributed by atoms with E-state index in [9.17, 15) is 4.79 Å². The Bertz CT molecular complexity index is 586. The van der Waals surface area contributed by atoms with Gasteiger partial charge in [-0.25, -0.2) is 0 Å². The molecule has 0 aliphatic heterocycles. The van der Waals surface area contributed by atoms with Crippen LogP contribution < -0.4 is 4.74 Å². The van der Waals surface area contributed by atoms with E-state index < -0.39 is 5.97 Å². The van der Waals surface area contributed by atoms with Gasteiger partial charge in [-0.2, -0.15) is 0 Å². The molecule has 2 rings (SSSR count). The van der Waals surface area contributed by atoms with Crippen molar-refractivity contribution in [1.82, 2.24) is 0 Å². The predicted molar refractivity (Wildman–Crippen MR) is 87.0 cm³/mol. The van der Waals surface area contributed by atoms with Crippen LogP contribution in [0.1, 0.15) is 11.1 Å². The average molecular weight is 318 g/mol. The first kappa shape index (κ1) is 16.4. The monoisotopic (exact) mass is 318 g/mol. The first-order valence-corrected chi connectivity index (χ1v) is 8.02. The number of carboxylic acid groups (broad SMARTS) is 1. The number of carboxylic acids is 1. The Hall–Kier alpha value is -1.98. The molecule has 0 amide bonds. The van der Waals surface area contributed by atoms with Crippen molar-refractivity contribution < 1.29 is 19.4 Å². The summed E-state index contributed by atoms with van der Waals surface area (Å²) in [5.41, 5.74) is 2.14. The number of aliphatic carboxylic acids is 1. The maximum atomic E-state index is 10.5. The van der Waals surface area contributed by atoms with Crippen molar-refractivity contribution in [3.05, 3.63) is 65.7 Å². The normalized spacial score (nSPS) is 10.4. The number of carbonyl (C=O) groups is 1. The summed E-state index contributed by atoms with van der Waals surface area (Å²) >= 11 is 1.36. The van der Waals surface area contributed by atoms with Crippen molar-refractivity contribution >= 4 is 17.7 Å². The van der Waals surface area contributed by atoms with E-state index in [2.05, 4.69) is 0 Å². The van der Waals surface area contributed by atoms with Crippen LogP contribution in [0, 0.1) is 0 Å². The van der Waals surface area contributed by atoms with E-state index in [1.165, 1.54) is 11.8 Å². The largest absolute Gasteiger partial charge is 0.481 e. The van der Waals surface area contributed by atoms with E-state index in [-0.39, 0.29) is 12.5 Å². The molecule has 0 radical (unpaired) electrons. The molecule has 5 heteroatoms. The lowest BCUT2D eigenvalue weighted by atomic mass is 10.2. The molecule has 0 aromatic heterocycles. The fourth-order valence-electron chi connectivity index (χ4n) is 1.82. The smallest absolute Gasteiger partial charge is 0.313 e. The van der Waals surface area contributed by atoms with Crippen molar-refractivity contribution in [3.8, 4) is 5.75 Å². The van der Waals surface area contributed by atoms with Gasteiger partial charge in [0, 0.05) is 5.75 Å². The third-order valence-corrected chi connectivity index (χ3v) is 3.80. The van der Waals surface area contributed by atoms with Crippen molar-refractivity contribution in [1.29, 1.82) is 0 Å². The number of rotatable bonds is 9. The van der Waals surface area contributed by atoms with Gasteiger partial charge in [-0.05, 0) is 23.3 Å². The molecule has 116 valence electrons. The molecule has 0 aliphatic carbocycles. The second-order valence-electron chi connectivity index (χ2n) is 4.63. The van der Waals surface area contributed by atoms with Crippen LogP contribution >= 0.6 is 11.8 Å². The predicted octanol–water partition coefficient (Wildman–Crippen LogP) is 3.56. The molecule has 0 unspecified atom stereocenters. The van der Waals surface area contributed by atoms with Gasteiger partial charge in [0.05, 0.1) is 12.4 Å². The summed E-state index contributed by atoms with van der Waals surface area (Å²) in [7, 11) is 0. The zero-order chi connectivity index (χ0) is 15.6. The molecule has 0 heterocycles. The summed E-state index contributed by atoms with van der Waals surface area (Å²) in [4.78, 5) is 10.5. The molecule has 0 saturated heterocycles. The van der Waals surface area contributed by atoms with Gasteiger partial charge in [-0.1, -0.05) is 42.5 Å². The minimum Gasteiger partial charge on any atom is -0.481 e. The molecule has 22 heavy (non-hydrogen) atoms. The summed E-state index contributed by atoms with van der Waals surface area (Å²) in [6, 6.07) is 17.5. The average Bonchev–Trinajstić information content (AvgIpc) is 2.53. The van der Waals surface area contributed by atoms with Crippen LogP contribution in [-0.4, -0.2) is 23.6 Å². The highest BCUT2D eigenvalue weighted by atomic mass is 32.2. The van der Waals surface area contributed by atoms with Crippen LogP contribution in [-0.2, 0) is 21.9 Å². The summed E-state index contributed by atoms with van der Waals surface area (Å²) in [6.45, 7) is 0.690. The summed E-state index contributed by atoms with van der Waals surface area (Å²) in [5, 5.41) is 8.62. The van der Waals surface area contributed by atoms with Crippen LogP contribution in [0.2, 0.25) is 0 Å². The van der Waals surface area contributed by atoms with Crippen LogP contribution in [0.15, 0.2) is 54.6 Å². The standard InChI is InChI=1S/C17H18O4S/c18-17(19)12-22-11-15-7-4-8-16(9-15)21-13-20-10-14-5-2-1-3-6-14/h1-9H,10-13H2,(H,18,19). The van der Waals surface area contributed by atoms with Crippen LogP contribution in [0.5, 0.6) is 5.75 Å². The van der Waals surface area contributed by atoms with E-state index in [0.717, 1.165) is 16.9 Å². The molecular weight excluding hydrogens is 300 g/mol. The van der Waals surface area contributed by atoms with Crippen molar-refractivity contribution in [2.24, 2.45) is 0 Å². The van der Waals surface area contributed by atoms with Crippen molar-refractivity contribution in [2.45, 2.75) is 12.4 Å². The number of hydrogen-bond donors (Lipinski definition) is 1. The van der Waals surface area contributed by atoms with Gasteiger partial charge in [0.15, 0.2) is 6.79 Å². The van der Waals surface area contributed by atoms with Crippen LogP contribution in [0.25, 0.3) is 0 Å².